The van der Waals surface area contributed by atoms with Gasteiger partial charge in [0.2, 0.25) is 0 Å². The molecule has 1 aromatic carbocycles. The minimum atomic E-state index is -0.256. The highest BCUT2D eigenvalue weighted by Gasteiger charge is 2.13. The third kappa shape index (κ3) is 5.19. The number of aliphatic hydroxyl groups is 2. The highest BCUT2D eigenvalue weighted by Crippen LogP contribution is 2.18. The van der Waals surface area contributed by atoms with Crippen molar-refractivity contribution in [3.63, 3.8) is 0 Å². The van der Waals surface area contributed by atoms with Crippen molar-refractivity contribution in [3.8, 4) is 0 Å². The van der Waals surface area contributed by atoms with Gasteiger partial charge in [-0.05, 0) is 30.0 Å². The molecule has 0 aliphatic rings. The van der Waals surface area contributed by atoms with E-state index in [1.54, 1.807) is 0 Å². The third-order valence-electron chi connectivity index (χ3n) is 3.05. The van der Waals surface area contributed by atoms with E-state index in [0.717, 1.165) is 11.3 Å². The molecule has 20 heavy (non-hydrogen) atoms. The van der Waals surface area contributed by atoms with Crippen molar-refractivity contribution in [2.24, 2.45) is 0 Å². The first kappa shape index (κ1) is 16.5. The van der Waals surface area contributed by atoms with Crippen molar-refractivity contribution in [1.82, 2.24) is 4.90 Å². The molecular weight excluding hydrogens is 256 g/mol. The number of aliphatic hydroxyl groups excluding tert-OH is 2. The summed E-state index contributed by atoms with van der Waals surface area (Å²) in [6.45, 7) is 4.81. The summed E-state index contributed by atoms with van der Waals surface area (Å²) in [5.41, 5.74) is 1.90. The van der Waals surface area contributed by atoms with Gasteiger partial charge in [0.15, 0.2) is 0 Å². The van der Waals surface area contributed by atoms with E-state index in [4.69, 9.17) is 10.2 Å². The molecule has 0 aromatic heterocycles. The fourth-order valence-electron chi connectivity index (χ4n) is 1.88. The molecule has 0 unspecified atom stereocenters. The van der Waals surface area contributed by atoms with Gasteiger partial charge < -0.3 is 20.4 Å². The molecule has 1 rings (SSSR count). The number of nitrogens with zero attached hydrogens (tertiary/aromatic N) is 1. The number of anilines is 1. The summed E-state index contributed by atoms with van der Waals surface area (Å²) in [6.07, 6.45) is 0.499. The van der Waals surface area contributed by atoms with Gasteiger partial charge in [-0.3, -0.25) is 0 Å². The number of carbonyl (C=O) groups excluding carboxylic acids is 1. The Morgan fingerprint density at radius 3 is 2.60 bits per heavy atom. The molecule has 0 atom stereocenters. The molecule has 0 saturated heterocycles. The third-order valence-corrected chi connectivity index (χ3v) is 3.05. The largest absolute Gasteiger partial charge is 0.396 e. The first-order chi connectivity index (χ1) is 9.58. The van der Waals surface area contributed by atoms with Crippen molar-refractivity contribution in [2.45, 2.75) is 26.2 Å². The van der Waals surface area contributed by atoms with Gasteiger partial charge in [0, 0.05) is 25.4 Å². The van der Waals surface area contributed by atoms with Crippen LogP contribution in [0.25, 0.3) is 0 Å². The summed E-state index contributed by atoms with van der Waals surface area (Å²) in [7, 11) is 0. The normalized spacial score (nSPS) is 10.7. The van der Waals surface area contributed by atoms with E-state index >= 15 is 0 Å². The van der Waals surface area contributed by atoms with Gasteiger partial charge in [-0.25, -0.2) is 4.79 Å². The molecule has 0 fully saturated rings. The highest BCUT2D eigenvalue weighted by molar-refractivity contribution is 5.89. The number of urea groups is 1. The molecular formula is C15H24N2O3. The number of rotatable bonds is 7. The van der Waals surface area contributed by atoms with E-state index in [-0.39, 0.29) is 25.8 Å². The standard InChI is InChI=1S/C15H24N2O3/c1-12(2)13-5-3-6-14(11-13)16-15(20)17(8-10-19)7-4-9-18/h3,5-6,11-12,18-19H,4,7-10H2,1-2H3,(H,16,20). The Morgan fingerprint density at radius 2 is 2.00 bits per heavy atom. The highest BCUT2D eigenvalue weighted by atomic mass is 16.3. The summed E-state index contributed by atoms with van der Waals surface area (Å²) < 4.78 is 0. The van der Waals surface area contributed by atoms with Gasteiger partial charge in [0.05, 0.1) is 6.61 Å². The Kier molecular flexibility index (Phi) is 7.04. The van der Waals surface area contributed by atoms with Crippen LogP contribution in [0.15, 0.2) is 24.3 Å². The number of benzene rings is 1. The quantitative estimate of drug-likeness (QED) is 0.715. The van der Waals surface area contributed by atoms with E-state index in [0.29, 0.717) is 18.9 Å². The van der Waals surface area contributed by atoms with Gasteiger partial charge >= 0.3 is 6.03 Å². The predicted molar refractivity (Wildman–Crippen MR) is 79.9 cm³/mol. The van der Waals surface area contributed by atoms with Crippen LogP contribution in [-0.2, 0) is 0 Å². The lowest BCUT2D eigenvalue weighted by Gasteiger charge is -2.22. The number of hydrogen-bond donors (Lipinski definition) is 3. The molecule has 5 nitrogen and oxygen atoms in total. The predicted octanol–water partition coefficient (Wildman–Crippen LogP) is 2.02. The average molecular weight is 280 g/mol. The average Bonchev–Trinajstić information content (AvgIpc) is 2.43. The lowest BCUT2D eigenvalue weighted by Crippen LogP contribution is -2.38. The fourth-order valence-corrected chi connectivity index (χ4v) is 1.88. The molecule has 3 N–H and O–H groups in total. The minimum absolute atomic E-state index is 0.0258. The smallest absolute Gasteiger partial charge is 0.321 e. The second-order valence-corrected chi connectivity index (χ2v) is 5.00. The Bertz CT molecular complexity index is 421. The van der Waals surface area contributed by atoms with Crippen LogP contribution in [0.3, 0.4) is 0 Å². The lowest BCUT2D eigenvalue weighted by molar-refractivity contribution is 0.180. The second kappa shape index (κ2) is 8.55. The second-order valence-electron chi connectivity index (χ2n) is 5.00. The first-order valence-corrected chi connectivity index (χ1v) is 6.96. The number of amides is 2. The van der Waals surface area contributed by atoms with E-state index in [1.807, 2.05) is 24.3 Å². The Morgan fingerprint density at radius 1 is 1.25 bits per heavy atom. The molecule has 0 saturated carbocycles. The number of carbonyl (C=O) groups is 1. The van der Waals surface area contributed by atoms with Crippen LogP contribution >= 0.6 is 0 Å². The number of nitrogens with one attached hydrogen (secondary N) is 1. The maximum atomic E-state index is 12.1. The zero-order valence-electron chi connectivity index (χ0n) is 12.2. The van der Waals surface area contributed by atoms with Crippen LogP contribution in [-0.4, -0.2) is 47.4 Å². The van der Waals surface area contributed by atoms with Crippen LogP contribution in [0.4, 0.5) is 10.5 Å². The summed E-state index contributed by atoms with van der Waals surface area (Å²) >= 11 is 0. The van der Waals surface area contributed by atoms with E-state index < -0.39 is 0 Å². The number of hydrogen-bond acceptors (Lipinski definition) is 3. The van der Waals surface area contributed by atoms with E-state index in [9.17, 15) is 4.79 Å². The van der Waals surface area contributed by atoms with E-state index in [2.05, 4.69) is 19.2 Å². The molecule has 0 spiro atoms. The lowest BCUT2D eigenvalue weighted by atomic mass is 10.0. The molecule has 2 amide bonds. The maximum Gasteiger partial charge on any atom is 0.321 e. The Balaban J connectivity index is 2.69. The zero-order valence-corrected chi connectivity index (χ0v) is 12.2. The van der Waals surface area contributed by atoms with Crippen molar-refractivity contribution in [1.29, 1.82) is 0 Å². The van der Waals surface area contributed by atoms with Crippen LogP contribution in [0.2, 0.25) is 0 Å². The van der Waals surface area contributed by atoms with Crippen LogP contribution in [0.5, 0.6) is 0 Å². The first-order valence-electron chi connectivity index (χ1n) is 6.96. The van der Waals surface area contributed by atoms with Crippen molar-refractivity contribution in [3.05, 3.63) is 29.8 Å². The minimum Gasteiger partial charge on any atom is -0.396 e. The van der Waals surface area contributed by atoms with Crippen LogP contribution in [0.1, 0.15) is 31.7 Å². The van der Waals surface area contributed by atoms with Gasteiger partial charge in [-0.1, -0.05) is 26.0 Å². The molecule has 112 valence electrons. The zero-order chi connectivity index (χ0) is 15.0. The molecule has 0 aliphatic heterocycles. The molecule has 0 bridgehead atoms. The summed E-state index contributed by atoms with van der Waals surface area (Å²) in [5.74, 6) is 0.398. The molecule has 1 aromatic rings. The summed E-state index contributed by atoms with van der Waals surface area (Å²) in [4.78, 5) is 13.6. The van der Waals surface area contributed by atoms with Crippen molar-refractivity contribution >= 4 is 11.7 Å². The maximum absolute atomic E-state index is 12.1. The van der Waals surface area contributed by atoms with Crippen molar-refractivity contribution < 1.29 is 15.0 Å². The van der Waals surface area contributed by atoms with Crippen LogP contribution < -0.4 is 5.32 Å². The van der Waals surface area contributed by atoms with E-state index in [1.165, 1.54) is 4.90 Å². The van der Waals surface area contributed by atoms with Gasteiger partial charge in [-0.15, -0.1) is 0 Å². The summed E-state index contributed by atoms with van der Waals surface area (Å²) in [5, 5.41) is 20.6. The Labute approximate surface area is 120 Å². The Hall–Kier alpha value is -1.59. The molecule has 0 radical (unpaired) electrons. The van der Waals surface area contributed by atoms with Crippen LogP contribution in [0, 0.1) is 0 Å². The van der Waals surface area contributed by atoms with Gasteiger partial charge in [0.25, 0.3) is 0 Å². The SMILES string of the molecule is CC(C)c1cccc(NC(=O)N(CCO)CCCO)c1. The topological polar surface area (TPSA) is 72.8 Å². The molecule has 0 heterocycles. The monoisotopic (exact) mass is 280 g/mol. The molecule has 0 aliphatic carbocycles. The van der Waals surface area contributed by atoms with Crippen molar-refractivity contribution in [2.75, 3.05) is 31.6 Å². The van der Waals surface area contributed by atoms with Gasteiger partial charge in [0.1, 0.15) is 0 Å². The van der Waals surface area contributed by atoms with Gasteiger partial charge in [-0.2, -0.15) is 0 Å². The molecule has 5 heteroatoms. The summed E-state index contributed by atoms with van der Waals surface area (Å²) in [6, 6.07) is 7.47. The fraction of sp³-hybridized carbons (Fsp3) is 0.533.